The summed E-state index contributed by atoms with van der Waals surface area (Å²) in [6.07, 6.45) is 8.18. The summed E-state index contributed by atoms with van der Waals surface area (Å²) in [4.78, 5) is 5.18. The highest BCUT2D eigenvalue weighted by Gasteiger charge is 2.84. The molecule has 0 radical (unpaired) electrons. The molecule has 8 nitrogen and oxygen atoms in total. The van der Waals surface area contributed by atoms with E-state index in [1.807, 2.05) is 20.8 Å². The fraction of sp³-hybridized carbons (Fsp3) is 1.00. The highest BCUT2D eigenvalue weighted by atomic mass is 16.7. The van der Waals surface area contributed by atoms with Gasteiger partial charge in [-0.25, -0.2) is 0 Å². The number of rotatable bonds is 9. The van der Waals surface area contributed by atoms with Crippen LogP contribution in [-0.2, 0) is 18.9 Å². The van der Waals surface area contributed by atoms with Gasteiger partial charge in [-0.3, -0.25) is 4.90 Å². The van der Waals surface area contributed by atoms with Gasteiger partial charge in [0.1, 0.15) is 6.10 Å². The van der Waals surface area contributed by atoms with E-state index in [-0.39, 0.29) is 40.8 Å². The van der Waals surface area contributed by atoms with Crippen molar-refractivity contribution in [2.45, 2.75) is 169 Å². The smallest absolute Gasteiger partial charge is 0.170 e. The first-order valence-electron chi connectivity index (χ1n) is 21.3. The summed E-state index contributed by atoms with van der Waals surface area (Å²) in [5.41, 5.74) is -0.420. The van der Waals surface area contributed by atoms with Crippen LogP contribution in [0.5, 0.6) is 0 Å². The maximum Gasteiger partial charge on any atom is 0.170 e. The van der Waals surface area contributed by atoms with Crippen LogP contribution in [0.2, 0.25) is 0 Å². The molecule has 2 N–H and O–H groups in total. The van der Waals surface area contributed by atoms with Crippen LogP contribution >= 0.6 is 0 Å². The first-order chi connectivity index (χ1) is 23.9. The Bertz CT molecular complexity index is 1300. The van der Waals surface area contributed by atoms with Gasteiger partial charge in [0.25, 0.3) is 0 Å². The third kappa shape index (κ3) is 5.40. The summed E-state index contributed by atoms with van der Waals surface area (Å²) >= 11 is 0. The van der Waals surface area contributed by atoms with Crippen molar-refractivity contribution in [3.8, 4) is 0 Å². The van der Waals surface area contributed by atoms with E-state index in [1.165, 1.54) is 58.2 Å². The maximum absolute atomic E-state index is 12.7. The molecule has 3 unspecified atom stereocenters. The second-order valence-electron chi connectivity index (χ2n) is 21.2. The number of fused-ring (bicyclic) bond motifs is 4. The zero-order valence-corrected chi connectivity index (χ0v) is 34.0. The molecule has 0 aromatic heterocycles. The fourth-order valence-electron chi connectivity index (χ4n) is 15.3. The normalized spacial score (nSPS) is 50.4. The van der Waals surface area contributed by atoms with Crippen molar-refractivity contribution >= 4 is 0 Å². The van der Waals surface area contributed by atoms with Crippen LogP contribution in [0.25, 0.3) is 0 Å². The predicted molar refractivity (Wildman–Crippen MR) is 199 cm³/mol. The van der Waals surface area contributed by atoms with Gasteiger partial charge in [-0.05, 0) is 137 Å². The van der Waals surface area contributed by atoms with Gasteiger partial charge in [0, 0.05) is 50.8 Å². The molecule has 3 heterocycles. The Morgan fingerprint density at radius 2 is 1.67 bits per heavy atom. The lowest BCUT2D eigenvalue weighted by Gasteiger charge is -2.64. The Hall–Kier alpha value is -0.320. The number of ether oxygens (including phenoxy) is 4. The Balaban J connectivity index is 0.972. The van der Waals surface area contributed by atoms with Crippen molar-refractivity contribution in [3.63, 3.8) is 0 Å². The standard InChI is InChI=1S/C43H74N2O6/c1-11-48-37(39(7,8)47)29-20-27(4)34-35(50-29)36(46)41(10)31-13-12-30-38(5,6)32(14-15-42(30)25-43(31,42)17-16-40(34,41)9)51-33-24-44(18-19-49-33)21-28-22-45(23-28)26(2)3/h26-37,46-47H,11-25H2,1-10H3/t27-,29?,30+,31?,32+,33+,34+,35?,36+,37+,40-,41-,42-,43+/m1/s1. The van der Waals surface area contributed by atoms with Gasteiger partial charge >= 0.3 is 0 Å². The summed E-state index contributed by atoms with van der Waals surface area (Å²) in [5.74, 6) is 2.64. The lowest BCUT2D eigenvalue weighted by molar-refractivity contribution is -0.249. The van der Waals surface area contributed by atoms with Crippen LogP contribution in [0.1, 0.15) is 121 Å². The number of morpholine rings is 1. The number of likely N-dealkylation sites (tertiary alicyclic amines) is 1. The third-order valence-electron chi connectivity index (χ3n) is 17.8. The first kappa shape index (κ1) is 37.6. The van der Waals surface area contributed by atoms with E-state index >= 15 is 0 Å². The Labute approximate surface area is 310 Å². The summed E-state index contributed by atoms with van der Waals surface area (Å²) < 4.78 is 26.5. The van der Waals surface area contributed by atoms with Crippen molar-refractivity contribution < 1.29 is 29.2 Å². The van der Waals surface area contributed by atoms with Crippen molar-refractivity contribution in [2.24, 2.45) is 56.7 Å². The van der Waals surface area contributed by atoms with Crippen LogP contribution < -0.4 is 0 Å². The van der Waals surface area contributed by atoms with Crippen LogP contribution in [0, 0.1) is 56.7 Å². The Morgan fingerprint density at radius 1 is 0.961 bits per heavy atom. The van der Waals surface area contributed by atoms with E-state index in [0.29, 0.717) is 47.2 Å². The van der Waals surface area contributed by atoms with Gasteiger partial charge in [0.05, 0.1) is 36.6 Å². The van der Waals surface area contributed by atoms with E-state index in [9.17, 15) is 10.2 Å². The molecule has 0 aromatic rings. The number of aliphatic hydroxyl groups is 2. The molecule has 5 aliphatic carbocycles. The van der Waals surface area contributed by atoms with Crippen molar-refractivity contribution in [2.75, 3.05) is 45.9 Å². The summed E-state index contributed by atoms with van der Waals surface area (Å²) in [5, 5.41) is 23.8. The molecule has 8 fully saturated rings. The summed E-state index contributed by atoms with van der Waals surface area (Å²) in [6.45, 7) is 29.5. The number of hydrogen-bond donors (Lipinski definition) is 2. The molecule has 8 rings (SSSR count). The monoisotopic (exact) mass is 715 g/mol. The SMILES string of the molecule is CCO[C@@H](C1C[C@@H](C)[C@H]2C(O1)[C@H](O)[C@@]1(C)C3CC[C@H]4C(C)(C)[C@@H](O[C@H]5CN(CC6CN(C(C)C)C6)CCO5)CC[C@@]45C[C@@]35CC[C@]21C)C(C)(C)O. The molecule has 2 spiro atoms. The molecule has 0 bridgehead atoms. The minimum Gasteiger partial charge on any atom is -0.390 e. The van der Waals surface area contributed by atoms with E-state index in [1.54, 1.807) is 0 Å². The number of nitrogens with zero attached hydrogens (tertiary/aromatic N) is 2. The lowest BCUT2D eigenvalue weighted by atomic mass is 9.41. The van der Waals surface area contributed by atoms with E-state index in [0.717, 1.165) is 38.5 Å². The minimum atomic E-state index is -1.01. The van der Waals surface area contributed by atoms with Gasteiger partial charge < -0.3 is 34.1 Å². The van der Waals surface area contributed by atoms with Crippen LogP contribution in [0.3, 0.4) is 0 Å². The van der Waals surface area contributed by atoms with Crippen LogP contribution in [0.15, 0.2) is 0 Å². The first-order valence-corrected chi connectivity index (χ1v) is 21.3. The van der Waals surface area contributed by atoms with Crippen molar-refractivity contribution in [1.29, 1.82) is 0 Å². The molecule has 0 amide bonds. The molecule has 5 saturated carbocycles. The second-order valence-corrected chi connectivity index (χ2v) is 21.2. The molecular weight excluding hydrogens is 640 g/mol. The second kappa shape index (κ2) is 12.6. The maximum atomic E-state index is 12.7. The van der Waals surface area contributed by atoms with Gasteiger partial charge in [-0.15, -0.1) is 0 Å². The predicted octanol–water partition coefficient (Wildman–Crippen LogP) is 6.36. The van der Waals surface area contributed by atoms with E-state index < -0.39 is 17.8 Å². The summed E-state index contributed by atoms with van der Waals surface area (Å²) in [7, 11) is 0. The molecule has 3 aliphatic heterocycles. The molecule has 51 heavy (non-hydrogen) atoms. The van der Waals surface area contributed by atoms with Crippen LogP contribution in [0.4, 0.5) is 0 Å². The van der Waals surface area contributed by atoms with E-state index in [4.69, 9.17) is 18.9 Å². The molecular formula is C43H74N2O6. The summed E-state index contributed by atoms with van der Waals surface area (Å²) in [6, 6.07) is 0.651. The fourth-order valence-corrected chi connectivity index (χ4v) is 15.3. The average Bonchev–Trinajstić information content (AvgIpc) is 3.67. The van der Waals surface area contributed by atoms with Crippen molar-refractivity contribution in [1.82, 2.24) is 9.80 Å². The topological polar surface area (TPSA) is 83.9 Å². The largest absolute Gasteiger partial charge is 0.390 e. The minimum absolute atomic E-state index is 0.0242. The van der Waals surface area contributed by atoms with Gasteiger partial charge in [-0.1, -0.05) is 34.6 Å². The Kier molecular flexibility index (Phi) is 9.29. The van der Waals surface area contributed by atoms with Gasteiger partial charge in [-0.2, -0.15) is 0 Å². The molecule has 0 aromatic carbocycles. The molecule has 3 saturated heterocycles. The van der Waals surface area contributed by atoms with Crippen molar-refractivity contribution in [3.05, 3.63) is 0 Å². The number of hydrogen-bond acceptors (Lipinski definition) is 8. The molecule has 14 atom stereocenters. The highest BCUT2D eigenvalue weighted by Crippen LogP contribution is 2.89. The molecule has 292 valence electrons. The average molecular weight is 715 g/mol. The van der Waals surface area contributed by atoms with Gasteiger partial charge in [0.15, 0.2) is 6.29 Å². The number of aliphatic hydroxyl groups excluding tert-OH is 1. The van der Waals surface area contributed by atoms with Crippen LogP contribution in [-0.4, -0.2) is 114 Å². The Morgan fingerprint density at radius 3 is 2.35 bits per heavy atom. The molecule has 8 heteroatoms. The highest BCUT2D eigenvalue weighted by molar-refractivity contribution is 5.33. The zero-order valence-electron chi connectivity index (χ0n) is 34.0. The lowest BCUT2D eigenvalue weighted by Crippen LogP contribution is -2.60. The zero-order chi connectivity index (χ0) is 36.5. The molecule has 8 aliphatic rings. The van der Waals surface area contributed by atoms with Gasteiger partial charge in [0.2, 0.25) is 0 Å². The van der Waals surface area contributed by atoms with E-state index in [2.05, 4.69) is 58.3 Å². The quantitative estimate of drug-likeness (QED) is 0.286. The third-order valence-corrected chi connectivity index (χ3v) is 17.8.